The average molecular weight is 327 g/mol. The van der Waals surface area contributed by atoms with Gasteiger partial charge in [0.2, 0.25) is 0 Å². The van der Waals surface area contributed by atoms with Crippen LogP contribution in [0.1, 0.15) is 5.69 Å². The van der Waals surface area contributed by atoms with Crippen molar-refractivity contribution in [1.82, 2.24) is 10.2 Å². The molecule has 0 bridgehead atoms. The summed E-state index contributed by atoms with van der Waals surface area (Å²) in [5.74, 6) is 0. The third-order valence-electron chi connectivity index (χ3n) is 2.69. The quantitative estimate of drug-likeness (QED) is 0.617. The highest BCUT2D eigenvalue weighted by Crippen LogP contribution is 2.42. The lowest BCUT2D eigenvalue weighted by molar-refractivity contribution is 0.988. The van der Waals surface area contributed by atoms with E-state index in [1.165, 1.54) is 11.3 Å². The Kier molecular flexibility index (Phi) is 3.58. The minimum absolute atomic E-state index is 0.424. The number of nitrogens with zero attached hydrogens (tertiary/aromatic N) is 2. The number of aryl methyl sites for hydroxylation is 1. The highest BCUT2D eigenvalue weighted by Gasteiger charge is 2.18. The molecule has 3 aromatic rings. The van der Waals surface area contributed by atoms with Crippen LogP contribution in [-0.4, -0.2) is 10.2 Å². The maximum atomic E-state index is 6.25. The summed E-state index contributed by atoms with van der Waals surface area (Å²) in [6, 6.07) is 7.90. The molecule has 0 unspecified atom stereocenters. The van der Waals surface area contributed by atoms with Crippen molar-refractivity contribution < 1.29 is 0 Å². The number of aromatic nitrogens is 2. The molecule has 3 aromatic heterocycles. The molecule has 0 radical (unpaired) electrons. The second-order valence-electron chi connectivity index (χ2n) is 3.91. The predicted molar refractivity (Wildman–Crippen MR) is 83.4 cm³/mol. The molecule has 2 nitrogen and oxygen atoms in total. The van der Waals surface area contributed by atoms with Gasteiger partial charge in [0.15, 0.2) is 5.15 Å². The average Bonchev–Trinajstić information content (AvgIpc) is 3.03. The Labute approximate surface area is 128 Å². The van der Waals surface area contributed by atoms with Crippen molar-refractivity contribution in [3.63, 3.8) is 0 Å². The first kappa shape index (κ1) is 13.1. The number of rotatable bonds is 2. The maximum Gasteiger partial charge on any atom is 0.161 e. The fourth-order valence-corrected chi connectivity index (χ4v) is 4.11. The van der Waals surface area contributed by atoms with Crippen molar-refractivity contribution >= 4 is 45.9 Å². The molecule has 3 rings (SSSR count). The standard InChI is InChI=1S/C13H8Cl2N2S2/c1-7-11(9-4-5-10(14)19-9)12(13(15)17-16-7)8-3-2-6-18-8/h2-6H,1H3. The van der Waals surface area contributed by atoms with Crippen LogP contribution in [0.25, 0.3) is 20.9 Å². The van der Waals surface area contributed by atoms with Gasteiger partial charge in [-0.25, -0.2) is 0 Å². The molecule has 0 aromatic carbocycles. The summed E-state index contributed by atoms with van der Waals surface area (Å²) in [7, 11) is 0. The first-order valence-electron chi connectivity index (χ1n) is 5.49. The third kappa shape index (κ3) is 2.41. The minimum Gasteiger partial charge on any atom is -0.154 e. The molecule has 0 saturated heterocycles. The van der Waals surface area contributed by atoms with Crippen LogP contribution in [0.2, 0.25) is 9.49 Å². The Morgan fingerprint density at radius 3 is 2.47 bits per heavy atom. The summed E-state index contributed by atoms with van der Waals surface area (Å²) < 4.78 is 0.750. The van der Waals surface area contributed by atoms with Gasteiger partial charge in [0, 0.05) is 20.9 Å². The smallest absolute Gasteiger partial charge is 0.154 e. The monoisotopic (exact) mass is 326 g/mol. The molecule has 0 atom stereocenters. The number of thiophene rings is 2. The Morgan fingerprint density at radius 2 is 1.84 bits per heavy atom. The van der Waals surface area contributed by atoms with Gasteiger partial charge in [-0.2, -0.15) is 5.10 Å². The van der Waals surface area contributed by atoms with Crippen molar-refractivity contribution in [2.75, 3.05) is 0 Å². The van der Waals surface area contributed by atoms with E-state index in [1.807, 2.05) is 36.6 Å². The number of hydrogen-bond donors (Lipinski definition) is 0. The zero-order chi connectivity index (χ0) is 13.4. The van der Waals surface area contributed by atoms with E-state index in [0.29, 0.717) is 5.15 Å². The van der Waals surface area contributed by atoms with Crippen LogP contribution in [0.15, 0.2) is 29.6 Å². The van der Waals surface area contributed by atoms with Crippen molar-refractivity contribution in [3.8, 4) is 20.9 Å². The molecular formula is C13H8Cl2N2S2. The number of hydrogen-bond acceptors (Lipinski definition) is 4. The molecule has 3 heterocycles. The van der Waals surface area contributed by atoms with Gasteiger partial charge in [0.05, 0.1) is 10.0 Å². The van der Waals surface area contributed by atoms with Gasteiger partial charge in [-0.3, -0.25) is 0 Å². The van der Waals surface area contributed by atoms with Crippen LogP contribution in [0, 0.1) is 6.92 Å². The van der Waals surface area contributed by atoms with Crippen LogP contribution in [0.4, 0.5) is 0 Å². The van der Waals surface area contributed by atoms with Gasteiger partial charge in [0.1, 0.15) is 0 Å². The molecule has 19 heavy (non-hydrogen) atoms. The lowest BCUT2D eigenvalue weighted by atomic mass is 10.1. The summed E-state index contributed by atoms with van der Waals surface area (Å²) in [4.78, 5) is 2.14. The number of halogens is 2. The highest BCUT2D eigenvalue weighted by molar-refractivity contribution is 7.19. The van der Waals surface area contributed by atoms with E-state index in [2.05, 4.69) is 10.2 Å². The highest BCUT2D eigenvalue weighted by atomic mass is 35.5. The molecule has 0 saturated carbocycles. The summed E-state index contributed by atoms with van der Waals surface area (Å²) in [5.41, 5.74) is 2.80. The van der Waals surface area contributed by atoms with Gasteiger partial charge >= 0.3 is 0 Å². The van der Waals surface area contributed by atoms with Crippen LogP contribution < -0.4 is 0 Å². The molecule has 0 aliphatic carbocycles. The van der Waals surface area contributed by atoms with E-state index < -0.39 is 0 Å². The van der Waals surface area contributed by atoms with E-state index in [0.717, 1.165) is 30.9 Å². The first-order valence-corrected chi connectivity index (χ1v) is 7.94. The van der Waals surface area contributed by atoms with Crippen molar-refractivity contribution in [3.05, 3.63) is 44.8 Å². The second kappa shape index (κ2) is 5.21. The lowest BCUT2D eigenvalue weighted by Crippen LogP contribution is -1.95. The van der Waals surface area contributed by atoms with Crippen LogP contribution in [-0.2, 0) is 0 Å². The molecule has 0 N–H and O–H groups in total. The predicted octanol–water partition coefficient (Wildman–Crippen LogP) is 5.55. The fraction of sp³-hybridized carbons (Fsp3) is 0.0769. The molecule has 0 amide bonds. The zero-order valence-electron chi connectivity index (χ0n) is 9.85. The Balaban J connectivity index is 2.31. The molecular weight excluding hydrogens is 319 g/mol. The summed E-state index contributed by atoms with van der Waals surface area (Å²) in [6.07, 6.45) is 0. The van der Waals surface area contributed by atoms with Gasteiger partial charge in [-0.15, -0.1) is 27.8 Å². The second-order valence-corrected chi connectivity index (χ2v) is 6.93. The van der Waals surface area contributed by atoms with Crippen LogP contribution in [0.5, 0.6) is 0 Å². The van der Waals surface area contributed by atoms with Gasteiger partial charge in [-0.1, -0.05) is 29.3 Å². The molecule has 0 aliphatic rings. The maximum absolute atomic E-state index is 6.25. The van der Waals surface area contributed by atoms with Gasteiger partial charge in [0.25, 0.3) is 0 Å². The molecule has 6 heteroatoms. The van der Waals surface area contributed by atoms with E-state index in [1.54, 1.807) is 11.3 Å². The van der Waals surface area contributed by atoms with E-state index in [-0.39, 0.29) is 0 Å². The van der Waals surface area contributed by atoms with Crippen LogP contribution in [0.3, 0.4) is 0 Å². The summed E-state index contributed by atoms with van der Waals surface area (Å²) >= 11 is 15.4. The van der Waals surface area contributed by atoms with Crippen molar-refractivity contribution in [2.45, 2.75) is 6.92 Å². The SMILES string of the molecule is Cc1nnc(Cl)c(-c2cccs2)c1-c1ccc(Cl)s1. The lowest BCUT2D eigenvalue weighted by Gasteiger charge is -2.09. The van der Waals surface area contributed by atoms with Crippen molar-refractivity contribution in [2.24, 2.45) is 0 Å². The Hall–Kier alpha value is -0.940. The summed E-state index contributed by atoms with van der Waals surface area (Å²) in [6.45, 7) is 1.93. The first-order chi connectivity index (χ1) is 9.16. The Bertz CT molecular complexity index is 720. The molecule has 96 valence electrons. The van der Waals surface area contributed by atoms with E-state index >= 15 is 0 Å². The topological polar surface area (TPSA) is 25.8 Å². The third-order valence-corrected chi connectivity index (χ3v) is 5.09. The molecule has 0 aliphatic heterocycles. The minimum atomic E-state index is 0.424. The van der Waals surface area contributed by atoms with Gasteiger partial charge in [-0.05, 0) is 30.5 Å². The van der Waals surface area contributed by atoms with Gasteiger partial charge < -0.3 is 0 Å². The van der Waals surface area contributed by atoms with Crippen LogP contribution >= 0.6 is 45.9 Å². The van der Waals surface area contributed by atoms with Crippen molar-refractivity contribution in [1.29, 1.82) is 0 Å². The van der Waals surface area contributed by atoms with E-state index in [9.17, 15) is 0 Å². The molecule has 0 fully saturated rings. The van der Waals surface area contributed by atoms with E-state index in [4.69, 9.17) is 23.2 Å². The molecule has 0 spiro atoms. The largest absolute Gasteiger partial charge is 0.161 e. The zero-order valence-corrected chi connectivity index (χ0v) is 13.0. The fourth-order valence-electron chi connectivity index (χ4n) is 1.90. The Morgan fingerprint density at radius 1 is 1.00 bits per heavy atom. The normalized spacial score (nSPS) is 10.9. The summed E-state index contributed by atoms with van der Waals surface area (Å²) in [5, 5.41) is 10.6.